The Balaban J connectivity index is 1.89. The number of para-hydroxylation sites is 3. The van der Waals surface area contributed by atoms with Crippen LogP contribution < -0.4 is 15.6 Å². The number of anilines is 1. The van der Waals surface area contributed by atoms with Crippen molar-refractivity contribution in [3.8, 4) is 11.4 Å². The lowest BCUT2D eigenvalue weighted by Crippen LogP contribution is -2.42. The summed E-state index contributed by atoms with van der Waals surface area (Å²) in [6.07, 6.45) is -10.1. The molecule has 0 aliphatic heterocycles. The highest BCUT2D eigenvalue weighted by molar-refractivity contribution is 5.90. The van der Waals surface area contributed by atoms with Gasteiger partial charge in [-0.05, 0) is 48.9 Å². The van der Waals surface area contributed by atoms with Gasteiger partial charge in [0.1, 0.15) is 11.6 Å². The minimum atomic E-state index is -5.11. The number of urea groups is 1. The van der Waals surface area contributed by atoms with Crippen molar-refractivity contribution in [1.29, 1.82) is 0 Å². The summed E-state index contributed by atoms with van der Waals surface area (Å²) in [7, 11) is 2.77. The predicted molar refractivity (Wildman–Crippen MR) is 151 cm³/mol. The minimum absolute atomic E-state index is 0.0296. The Bertz CT molecular complexity index is 1670. The van der Waals surface area contributed by atoms with Crippen LogP contribution in [0.4, 0.5) is 36.8 Å². The molecule has 14 heteroatoms. The van der Waals surface area contributed by atoms with E-state index in [1.54, 1.807) is 55.5 Å². The summed E-state index contributed by atoms with van der Waals surface area (Å²) in [6.45, 7) is 1.49. The number of aromatic nitrogens is 2. The van der Waals surface area contributed by atoms with E-state index >= 15 is 0 Å². The number of benzene rings is 3. The van der Waals surface area contributed by atoms with Crippen LogP contribution in [0.2, 0.25) is 0 Å². The molecule has 0 fully saturated rings. The van der Waals surface area contributed by atoms with Crippen LogP contribution in [0.15, 0.2) is 71.5 Å². The average Bonchev–Trinajstić information content (AvgIpc) is 2.98. The molecule has 1 heterocycles. The van der Waals surface area contributed by atoms with E-state index in [1.165, 1.54) is 18.8 Å². The first-order valence-corrected chi connectivity index (χ1v) is 13.3. The number of halogens is 6. The first-order valence-electron chi connectivity index (χ1n) is 13.3. The fourth-order valence-electron chi connectivity index (χ4n) is 4.77. The number of carbonyl (C=O) groups is 1. The first-order chi connectivity index (χ1) is 20.8. The lowest BCUT2D eigenvalue weighted by molar-refractivity contribution is -0.143. The van der Waals surface area contributed by atoms with Gasteiger partial charge >= 0.3 is 18.4 Å². The van der Waals surface area contributed by atoms with Gasteiger partial charge in [0.2, 0.25) is 0 Å². The molecule has 0 spiro atoms. The normalized spacial score (nSPS) is 12.7. The van der Waals surface area contributed by atoms with E-state index in [-0.39, 0.29) is 36.8 Å². The number of hydrogen-bond donors (Lipinski definition) is 1. The van der Waals surface area contributed by atoms with Crippen LogP contribution in [0.5, 0.6) is 5.75 Å². The monoisotopic (exact) mass is 622 g/mol. The van der Waals surface area contributed by atoms with E-state index in [0.29, 0.717) is 29.1 Å². The third-order valence-electron chi connectivity index (χ3n) is 6.82. The zero-order valence-corrected chi connectivity index (χ0v) is 23.8. The maximum atomic E-state index is 13.9. The van der Waals surface area contributed by atoms with Gasteiger partial charge in [-0.1, -0.05) is 31.2 Å². The molecule has 0 aliphatic carbocycles. The third kappa shape index (κ3) is 6.80. The number of amides is 2. The number of hydrogen-bond acceptors (Lipinski definition) is 5. The van der Waals surface area contributed by atoms with Crippen molar-refractivity contribution in [2.24, 2.45) is 0 Å². The van der Waals surface area contributed by atoms with Crippen molar-refractivity contribution in [3.63, 3.8) is 0 Å². The van der Waals surface area contributed by atoms with Crippen LogP contribution in [-0.2, 0) is 17.1 Å². The summed E-state index contributed by atoms with van der Waals surface area (Å²) >= 11 is 0. The number of carbonyl (C=O) groups excluding carboxylic acids is 1. The SMILES string of the molecule is CCC(c1nc2ccccc2c(=O)n1-c1ccccc1OC)N(CCOC)C(=O)Nc1cc(C(F)(F)F)cc(C(F)(F)F)c1. The Morgan fingerprint density at radius 3 is 2.16 bits per heavy atom. The van der Waals surface area contributed by atoms with Crippen LogP contribution in [0.1, 0.15) is 36.3 Å². The summed E-state index contributed by atoms with van der Waals surface area (Å²) in [5.41, 5.74) is -3.74. The molecule has 8 nitrogen and oxygen atoms in total. The van der Waals surface area contributed by atoms with E-state index in [0.717, 1.165) is 4.90 Å². The van der Waals surface area contributed by atoms with Gasteiger partial charge in [0.05, 0.1) is 47.5 Å². The molecule has 3 aromatic carbocycles. The van der Waals surface area contributed by atoms with Crippen LogP contribution in [0, 0.1) is 0 Å². The van der Waals surface area contributed by atoms with Crippen molar-refractivity contribution in [2.75, 3.05) is 32.7 Å². The number of rotatable bonds is 9. The maximum Gasteiger partial charge on any atom is 0.416 e. The largest absolute Gasteiger partial charge is 0.495 e. The molecule has 0 aliphatic rings. The maximum absolute atomic E-state index is 13.9. The van der Waals surface area contributed by atoms with Crippen molar-refractivity contribution in [3.05, 3.63) is 94.0 Å². The molecular weight excluding hydrogens is 594 g/mol. The Hall–Kier alpha value is -4.59. The molecule has 0 saturated heterocycles. The molecule has 2 amide bonds. The summed E-state index contributed by atoms with van der Waals surface area (Å²) < 4.78 is 92.8. The number of alkyl halides is 6. The van der Waals surface area contributed by atoms with E-state index in [9.17, 15) is 35.9 Å². The first kappa shape index (κ1) is 32.3. The van der Waals surface area contributed by atoms with E-state index in [4.69, 9.17) is 14.5 Å². The van der Waals surface area contributed by atoms with Crippen LogP contribution in [0.25, 0.3) is 16.6 Å². The highest BCUT2D eigenvalue weighted by atomic mass is 19.4. The van der Waals surface area contributed by atoms with Gasteiger partial charge in [-0.15, -0.1) is 0 Å². The molecule has 0 radical (unpaired) electrons. The average molecular weight is 623 g/mol. The summed E-state index contributed by atoms with van der Waals surface area (Å²) in [5.74, 6) is 0.409. The molecule has 1 atom stereocenters. The molecule has 1 N–H and O–H groups in total. The predicted octanol–water partition coefficient (Wildman–Crippen LogP) is 7.06. The molecule has 44 heavy (non-hydrogen) atoms. The van der Waals surface area contributed by atoms with Crippen LogP contribution in [-0.4, -0.2) is 47.9 Å². The standard InChI is InChI=1S/C30H28F6N4O4/c1-4-23(26-38-22-10-6-5-9-21(22)27(41)40(26)24-11-7-8-12-25(24)44-3)39(13-14-43-2)28(42)37-20-16-18(29(31,32)33)15-19(17-20)30(34,35)36/h5-12,15-17,23H,4,13-14H2,1-3H3,(H,37,42). The van der Waals surface area contributed by atoms with E-state index in [1.807, 2.05) is 0 Å². The highest BCUT2D eigenvalue weighted by Gasteiger charge is 2.37. The van der Waals surface area contributed by atoms with Crippen molar-refractivity contribution >= 4 is 22.6 Å². The topological polar surface area (TPSA) is 85.7 Å². The summed E-state index contributed by atoms with van der Waals surface area (Å²) in [4.78, 5) is 33.5. The molecular formula is C30H28F6N4O4. The van der Waals surface area contributed by atoms with Gasteiger partial charge in [-0.3, -0.25) is 9.36 Å². The molecule has 1 aromatic heterocycles. The molecule has 1 unspecified atom stereocenters. The van der Waals surface area contributed by atoms with E-state index in [2.05, 4.69) is 5.32 Å². The number of nitrogens with one attached hydrogen (secondary N) is 1. The van der Waals surface area contributed by atoms with Gasteiger partial charge < -0.3 is 19.7 Å². The number of methoxy groups -OCH3 is 2. The molecule has 0 bridgehead atoms. The zero-order valence-electron chi connectivity index (χ0n) is 23.8. The zero-order chi connectivity index (χ0) is 32.2. The van der Waals surface area contributed by atoms with Gasteiger partial charge in [-0.25, -0.2) is 9.78 Å². The Kier molecular flexibility index (Phi) is 9.52. The van der Waals surface area contributed by atoms with Crippen molar-refractivity contribution in [2.45, 2.75) is 31.7 Å². The van der Waals surface area contributed by atoms with Gasteiger partial charge in [-0.2, -0.15) is 26.3 Å². The fraction of sp³-hybridized carbons (Fsp3) is 0.300. The Labute approximate surface area is 247 Å². The lowest BCUT2D eigenvalue weighted by atomic mass is 10.1. The van der Waals surface area contributed by atoms with Crippen molar-refractivity contribution < 1.29 is 40.6 Å². The van der Waals surface area contributed by atoms with Crippen LogP contribution in [0.3, 0.4) is 0 Å². The number of fused-ring (bicyclic) bond motifs is 1. The molecule has 0 saturated carbocycles. The molecule has 4 aromatic rings. The Morgan fingerprint density at radius 2 is 1.57 bits per heavy atom. The number of ether oxygens (including phenoxy) is 2. The lowest BCUT2D eigenvalue weighted by Gasteiger charge is -2.32. The van der Waals surface area contributed by atoms with Crippen LogP contribution >= 0.6 is 0 Å². The van der Waals surface area contributed by atoms with Gasteiger partial charge in [0.25, 0.3) is 5.56 Å². The van der Waals surface area contributed by atoms with Gasteiger partial charge in [0, 0.05) is 19.3 Å². The number of nitrogens with zero attached hydrogens (tertiary/aromatic N) is 3. The summed E-state index contributed by atoms with van der Waals surface area (Å²) in [6, 6.07) is 11.9. The van der Waals surface area contributed by atoms with E-state index < -0.39 is 46.8 Å². The summed E-state index contributed by atoms with van der Waals surface area (Å²) in [5, 5.41) is 2.46. The smallest absolute Gasteiger partial charge is 0.416 e. The second kappa shape index (κ2) is 13.0. The minimum Gasteiger partial charge on any atom is -0.495 e. The molecule has 4 rings (SSSR count). The second-order valence-electron chi connectivity index (χ2n) is 9.63. The second-order valence-corrected chi connectivity index (χ2v) is 9.63. The highest BCUT2D eigenvalue weighted by Crippen LogP contribution is 2.38. The quantitative estimate of drug-likeness (QED) is 0.202. The fourth-order valence-corrected chi connectivity index (χ4v) is 4.77. The Morgan fingerprint density at radius 1 is 0.955 bits per heavy atom. The van der Waals surface area contributed by atoms with Gasteiger partial charge in [0.15, 0.2) is 0 Å². The molecule has 234 valence electrons. The van der Waals surface area contributed by atoms with Crippen molar-refractivity contribution in [1.82, 2.24) is 14.5 Å². The third-order valence-corrected chi connectivity index (χ3v) is 6.82.